The van der Waals surface area contributed by atoms with Gasteiger partial charge in [-0.15, -0.1) is 0 Å². The zero-order chi connectivity index (χ0) is 15.5. The van der Waals surface area contributed by atoms with Crippen LogP contribution in [0.1, 0.15) is 64.2 Å². The van der Waals surface area contributed by atoms with Crippen LogP contribution in [0.3, 0.4) is 0 Å². The first-order valence-corrected chi connectivity index (χ1v) is 14.8. The van der Waals surface area contributed by atoms with Crippen LogP contribution in [-0.4, -0.2) is 8.16 Å². The van der Waals surface area contributed by atoms with E-state index in [2.05, 4.69) is 43.2 Å². The van der Waals surface area contributed by atoms with Crippen LogP contribution in [0.4, 0.5) is 0 Å². The summed E-state index contributed by atoms with van der Waals surface area (Å²) in [6, 6.07) is 0. The van der Waals surface area contributed by atoms with Crippen LogP contribution in [0.2, 0.25) is 0 Å². The first-order valence-electron chi connectivity index (χ1n) is 10.5. The molecule has 4 heteroatoms. The minimum atomic E-state index is 0.614. The fraction of sp³-hybridized carbons (Fsp3) is 1.00. The molecule has 0 aromatic rings. The van der Waals surface area contributed by atoms with Crippen molar-refractivity contribution in [3.8, 4) is 0 Å². The van der Waals surface area contributed by atoms with Gasteiger partial charge < -0.3 is 0 Å². The maximum atomic E-state index is 2.44. The molecule has 8 aliphatic carbocycles. The molecule has 9 rings (SSSR count). The lowest BCUT2D eigenvalue weighted by molar-refractivity contribution is 0.0133. The zero-order valence-corrected chi connectivity index (χ0v) is 17.6. The van der Waals surface area contributed by atoms with E-state index in [9.17, 15) is 0 Å². The van der Waals surface area contributed by atoms with Crippen molar-refractivity contribution in [3.05, 3.63) is 0 Å². The molecule has 0 atom stereocenters. The van der Waals surface area contributed by atoms with E-state index >= 15 is 0 Å². The molecule has 0 radical (unpaired) electrons. The Bertz CT molecular complexity index is 454. The van der Waals surface area contributed by atoms with Crippen molar-refractivity contribution >= 4 is 43.2 Å². The van der Waals surface area contributed by atoms with Crippen LogP contribution in [0, 0.1) is 47.3 Å². The molecule has 24 heavy (non-hydrogen) atoms. The first kappa shape index (κ1) is 15.3. The maximum absolute atomic E-state index is 2.44. The largest absolute Gasteiger partial charge is 0.0874 e. The summed E-state index contributed by atoms with van der Waals surface area (Å²) in [6.07, 6.45) is 15.8. The number of rotatable bonds is 0. The third kappa shape index (κ3) is 1.86. The average Bonchev–Trinajstić information content (AvgIpc) is 2.57. The Hall–Kier alpha value is 1.40. The Kier molecular flexibility index (Phi) is 3.23. The van der Waals surface area contributed by atoms with E-state index in [1.807, 2.05) is 0 Å². The molecule has 0 amide bonds. The molecule has 9 aliphatic rings. The summed E-state index contributed by atoms with van der Waals surface area (Å²) in [7, 11) is 9.75. The van der Waals surface area contributed by atoms with Gasteiger partial charge in [-0.25, -0.2) is 0 Å². The molecule has 0 aromatic carbocycles. The van der Waals surface area contributed by atoms with E-state index in [0.29, 0.717) is 8.16 Å². The smallest absolute Gasteiger partial charge is 0.0733 e. The van der Waals surface area contributed by atoms with Crippen LogP contribution in [-0.2, 0) is 0 Å². The fourth-order valence-corrected chi connectivity index (χ4v) is 19.9. The van der Waals surface area contributed by atoms with Crippen molar-refractivity contribution in [2.45, 2.75) is 72.4 Å². The molecular formula is C20H28S4. The number of hydrogen-bond donors (Lipinski definition) is 0. The predicted octanol–water partition coefficient (Wildman–Crippen LogP) is 7.07. The summed E-state index contributed by atoms with van der Waals surface area (Å²) < 4.78 is 1.23. The SMILES string of the molecule is C1C2CC3CC1CC(C2)C31SSC2(SS1)C1CC3CC(C1)CC2C3. The molecule has 0 N–H and O–H groups in total. The second-order valence-corrected chi connectivity index (χ2v) is 16.3. The molecular weight excluding hydrogens is 368 g/mol. The summed E-state index contributed by atoms with van der Waals surface area (Å²) in [5.74, 6) is 8.68. The summed E-state index contributed by atoms with van der Waals surface area (Å²) in [4.78, 5) is 0. The monoisotopic (exact) mass is 396 g/mol. The van der Waals surface area contributed by atoms with Crippen molar-refractivity contribution in [3.63, 3.8) is 0 Å². The lowest BCUT2D eigenvalue weighted by Crippen LogP contribution is -2.58. The van der Waals surface area contributed by atoms with Crippen molar-refractivity contribution in [2.24, 2.45) is 47.3 Å². The molecule has 8 saturated carbocycles. The molecule has 1 saturated heterocycles. The normalized spacial score (nSPS) is 66.0. The zero-order valence-electron chi connectivity index (χ0n) is 14.3. The van der Waals surface area contributed by atoms with E-state index in [0.717, 1.165) is 47.3 Å². The van der Waals surface area contributed by atoms with E-state index in [1.165, 1.54) is 0 Å². The minimum Gasteiger partial charge on any atom is -0.0733 e. The first-order chi connectivity index (χ1) is 11.7. The third-order valence-electron chi connectivity index (χ3n) is 9.16. The highest BCUT2D eigenvalue weighted by Gasteiger charge is 2.66. The van der Waals surface area contributed by atoms with Crippen LogP contribution >= 0.6 is 43.2 Å². The fourth-order valence-electron chi connectivity index (χ4n) is 8.51. The molecule has 0 unspecified atom stereocenters. The highest BCUT2D eigenvalue weighted by atomic mass is 33.2. The predicted molar refractivity (Wildman–Crippen MR) is 110 cm³/mol. The lowest BCUT2D eigenvalue weighted by atomic mass is 9.55. The van der Waals surface area contributed by atoms with Crippen molar-refractivity contribution in [2.75, 3.05) is 0 Å². The third-order valence-corrected chi connectivity index (χ3v) is 19.1. The summed E-state index contributed by atoms with van der Waals surface area (Å²) in [5.41, 5.74) is 0. The van der Waals surface area contributed by atoms with Gasteiger partial charge in [-0.1, -0.05) is 43.2 Å². The Labute approximate surface area is 162 Å². The van der Waals surface area contributed by atoms with E-state index in [-0.39, 0.29) is 0 Å². The van der Waals surface area contributed by atoms with Gasteiger partial charge in [-0.05, 0) is 112 Å². The molecule has 9 fully saturated rings. The molecule has 0 nitrogen and oxygen atoms in total. The van der Waals surface area contributed by atoms with E-state index in [1.54, 1.807) is 64.2 Å². The van der Waals surface area contributed by atoms with Gasteiger partial charge in [-0.3, -0.25) is 0 Å². The highest BCUT2D eigenvalue weighted by molar-refractivity contribution is 8.93. The van der Waals surface area contributed by atoms with Gasteiger partial charge in [0.1, 0.15) is 0 Å². The second kappa shape index (κ2) is 5.06. The Morgan fingerprint density at radius 2 is 0.625 bits per heavy atom. The Balaban J connectivity index is 1.19. The van der Waals surface area contributed by atoms with Crippen LogP contribution in [0.5, 0.6) is 0 Å². The maximum Gasteiger partial charge on any atom is 0.0874 e. The molecule has 132 valence electrons. The lowest BCUT2D eigenvalue weighted by Gasteiger charge is -2.66. The quantitative estimate of drug-likeness (QED) is 0.401. The van der Waals surface area contributed by atoms with Gasteiger partial charge in [0.15, 0.2) is 0 Å². The van der Waals surface area contributed by atoms with Gasteiger partial charge in [0.25, 0.3) is 0 Å². The highest BCUT2D eigenvalue weighted by Crippen LogP contribution is 2.81. The molecule has 1 aliphatic heterocycles. The molecule has 8 bridgehead atoms. The van der Waals surface area contributed by atoms with Gasteiger partial charge in [0.2, 0.25) is 0 Å². The topological polar surface area (TPSA) is 0 Å². The summed E-state index contributed by atoms with van der Waals surface area (Å²) in [5, 5.41) is 0. The van der Waals surface area contributed by atoms with E-state index < -0.39 is 0 Å². The Morgan fingerprint density at radius 3 is 0.875 bits per heavy atom. The van der Waals surface area contributed by atoms with E-state index in [4.69, 9.17) is 0 Å². The van der Waals surface area contributed by atoms with Gasteiger partial charge in [0, 0.05) is 0 Å². The second-order valence-electron chi connectivity index (χ2n) is 10.4. The standard InChI is InChI=1S/C20H28S4/c1-11-3-15-5-12(1)6-16(4-11)19(15)21-23-20(24-22-19)17-7-13-2-14(9-17)10-18(20)8-13/h11-18H,1-10H2. The van der Waals surface area contributed by atoms with Crippen molar-refractivity contribution < 1.29 is 0 Å². The number of hydrogen-bond acceptors (Lipinski definition) is 4. The van der Waals surface area contributed by atoms with Crippen LogP contribution in [0.15, 0.2) is 0 Å². The van der Waals surface area contributed by atoms with Crippen LogP contribution in [0.25, 0.3) is 0 Å². The minimum absolute atomic E-state index is 0.614. The van der Waals surface area contributed by atoms with Gasteiger partial charge in [-0.2, -0.15) is 0 Å². The van der Waals surface area contributed by atoms with Gasteiger partial charge >= 0.3 is 0 Å². The Morgan fingerprint density at radius 1 is 0.375 bits per heavy atom. The average molecular weight is 397 g/mol. The van der Waals surface area contributed by atoms with Gasteiger partial charge in [0.05, 0.1) is 8.16 Å². The van der Waals surface area contributed by atoms with Crippen molar-refractivity contribution in [1.29, 1.82) is 0 Å². The molecule has 0 aromatic heterocycles. The van der Waals surface area contributed by atoms with Crippen LogP contribution < -0.4 is 0 Å². The summed E-state index contributed by atoms with van der Waals surface area (Å²) >= 11 is 0. The summed E-state index contributed by atoms with van der Waals surface area (Å²) in [6.45, 7) is 0. The molecule has 1 heterocycles. The molecule has 2 spiro atoms. The van der Waals surface area contributed by atoms with Crippen molar-refractivity contribution in [1.82, 2.24) is 0 Å².